The number of nitro groups is 1. The predicted octanol–water partition coefficient (Wildman–Crippen LogP) is 0.373. The lowest BCUT2D eigenvalue weighted by molar-refractivity contribution is -0.385. The fraction of sp³-hybridized carbons (Fsp3) is 0.333. The van der Waals surface area contributed by atoms with Crippen LogP contribution in [0, 0.1) is 10.1 Å². The maximum absolute atomic E-state index is 11.0. The highest BCUT2D eigenvalue weighted by molar-refractivity contribution is 7.88. The number of sulfonamides is 1. The zero-order chi connectivity index (χ0) is 13.3. The maximum Gasteiger partial charge on any atom is 0.277 e. The highest BCUT2D eigenvalue weighted by atomic mass is 32.2. The van der Waals surface area contributed by atoms with Gasteiger partial charge in [-0.15, -0.1) is 0 Å². The van der Waals surface area contributed by atoms with Crippen LogP contribution in [0.2, 0.25) is 0 Å². The third-order valence-electron chi connectivity index (χ3n) is 2.30. The van der Waals surface area contributed by atoms with E-state index in [2.05, 4.69) is 4.72 Å². The van der Waals surface area contributed by atoms with E-state index in [1.54, 1.807) is 0 Å². The lowest BCUT2D eigenvalue weighted by atomic mass is 10.1. The summed E-state index contributed by atoms with van der Waals surface area (Å²) in [6.07, 6.45) is 0.978. The lowest BCUT2D eigenvalue weighted by Gasteiger charge is -2.05. The summed E-state index contributed by atoms with van der Waals surface area (Å²) in [4.78, 5) is 10.3. The zero-order valence-electron chi connectivity index (χ0n) is 9.37. The van der Waals surface area contributed by atoms with Crippen LogP contribution >= 0.6 is 0 Å². The lowest BCUT2D eigenvalue weighted by Crippen LogP contribution is -2.21. The van der Waals surface area contributed by atoms with E-state index in [-0.39, 0.29) is 30.3 Å². The average molecular weight is 274 g/mol. The average Bonchev–Trinajstić information content (AvgIpc) is 2.70. The van der Waals surface area contributed by atoms with Crippen LogP contribution in [-0.2, 0) is 16.6 Å². The van der Waals surface area contributed by atoms with Crippen molar-refractivity contribution in [3.8, 4) is 11.5 Å². The molecular weight excluding hydrogens is 264 g/mol. The molecule has 0 spiro atoms. The number of nitro benzene ring substituents is 1. The van der Waals surface area contributed by atoms with E-state index in [1.807, 2.05) is 0 Å². The molecule has 0 aliphatic carbocycles. The Balaban J connectivity index is 2.36. The van der Waals surface area contributed by atoms with Crippen molar-refractivity contribution in [1.82, 2.24) is 4.72 Å². The van der Waals surface area contributed by atoms with Crippen molar-refractivity contribution >= 4 is 15.7 Å². The van der Waals surface area contributed by atoms with Gasteiger partial charge in [0.1, 0.15) is 0 Å². The van der Waals surface area contributed by atoms with Crippen LogP contribution < -0.4 is 14.2 Å². The molecule has 0 fully saturated rings. The van der Waals surface area contributed by atoms with Crippen LogP contribution in [-0.4, -0.2) is 26.4 Å². The molecule has 0 radical (unpaired) electrons. The number of hydrogen-bond acceptors (Lipinski definition) is 6. The fourth-order valence-electron chi connectivity index (χ4n) is 1.49. The van der Waals surface area contributed by atoms with Crippen molar-refractivity contribution in [1.29, 1.82) is 0 Å². The van der Waals surface area contributed by atoms with E-state index in [9.17, 15) is 18.5 Å². The smallest absolute Gasteiger partial charge is 0.277 e. The molecule has 9 heteroatoms. The van der Waals surface area contributed by atoms with Crippen molar-refractivity contribution in [2.75, 3.05) is 13.0 Å². The molecule has 0 unspecified atom stereocenters. The van der Waals surface area contributed by atoms with E-state index in [0.29, 0.717) is 5.75 Å². The fourth-order valence-corrected chi connectivity index (χ4v) is 1.91. The van der Waals surface area contributed by atoms with E-state index in [0.717, 1.165) is 6.26 Å². The van der Waals surface area contributed by atoms with Crippen molar-refractivity contribution in [3.05, 3.63) is 27.8 Å². The summed E-state index contributed by atoms with van der Waals surface area (Å²) in [6.45, 7) is -0.179. The Morgan fingerprint density at radius 1 is 1.39 bits per heavy atom. The normalized spacial score (nSPS) is 13.6. The number of rotatable bonds is 4. The molecule has 1 N–H and O–H groups in total. The Kier molecular flexibility index (Phi) is 3.09. The molecule has 1 aromatic rings. The summed E-state index contributed by atoms with van der Waals surface area (Å²) in [5.74, 6) is 0.649. The molecular formula is C9H10N2O6S. The van der Waals surface area contributed by atoms with Crippen molar-refractivity contribution in [2.45, 2.75) is 6.54 Å². The standard InChI is InChI=1S/C9H10N2O6S/c1-18(14,15)10-4-6-2-8-9(17-5-16-8)3-7(6)11(12)13/h2-3,10H,4-5H2,1H3. The van der Waals surface area contributed by atoms with Gasteiger partial charge >= 0.3 is 0 Å². The second kappa shape index (κ2) is 4.42. The molecule has 0 saturated heterocycles. The first kappa shape index (κ1) is 12.6. The predicted molar refractivity (Wildman–Crippen MR) is 60.9 cm³/mol. The first-order valence-electron chi connectivity index (χ1n) is 4.88. The SMILES string of the molecule is CS(=O)(=O)NCc1cc2c(cc1[N+](=O)[O-])OCO2. The third kappa shape index (κ3) is 2.68. The number of nitrogens with one attached hydrogen (secondary N) is 1. The minimum Gasteiger partial charge on any atom is -0.454 e. The van der Waals surface area contributed by atoms with Crippen molar-refractivity contribution in [3.63, 3.8) is 0 Å². The molecule has 0 saturated carbocycles. The van der Waals surface area contributed by atoms with Gasteiger partial charge in [0, 0.05) is 12.1 Å². The summed E-state index contributed by atoms with van der Waals surface area (Å²) >= 11 is 0. The van der Waals surface area contributed by atoms with E-state index in [4.69, 9.17) is 9.47 Å². The van der Waals surface area contributed by atoms with Crippen molar-refractivity contribution in [2.24, 2.45) is 0 Å². The van der Waals surface area contributed by atoms with Gasteiger partial charge in [0.25, 0.3) is 5.69 Å². The van der Waals surface area contributed by atoms with Gasteiger partial charge in [-0.3, -0.25) is 10.1 Å². The monoisotopic (exact) mass is 274 g/mol. The number of ether oxygens (including phenoxy) is 2. The van der Waals surface area contributed by atoms with Gasteiger partial charge in [-0.05, 0) is 6.07 Å². The van der Waals surface area contributed by atoms with Crippen LogP contribution in [0.3, 0.4) is 0 Å². The van der Waals surface area contributed by atoms with Gasteiger partial charge in [0.15, 0.2) is 11.5 Å². The zero-order valence-corrected chi connectivity index (χ0v) is 10.2. The van der Waals surface area contributed by atoms with E-state index in [1.165, 1.54) is 12.1 Å². The molecule has 1 aliphatic heterocycles. The minimum absolute atomic E-state index is 0.00452. The Morgan fingerprint density at radius 3 is 2.56 bits per heavy atom. The molecule has 0 atom stereocenters. The molecule has 18 heavy (non-hydrogen) atoms. The van der Waals surface area contributed by atoms with Crippen LogP contribution in [0.15, 0.2) is 12.1 Å². The van der Waals surface area contributed by atoms with Gasteiger partial charge in [-0.1, -0.05) is 0 Å². The quantitative estimate of drug-likeness (QED) is 0.628. The molecule has 0 aromatic heterocycles. The van der Waals surface area contributed by atoms with Crippen molar-refractivity contribution < 1.29 is 22.8 Å². The summed E-state index contributed by atoms with van der Waals surface area (Å²) < 4.78 is 34.3. The molecule has 1 aliphatic rings. The molecule has 1 aromatic carbocycles. The number of hydrogen-bond donors (Lipinski definition) is 1. The second-order valence-electron chi connectivity index (χ2n) is 3.68. The Hall–Kier alpha value is -1.87. The van der Waals surface area contributed by atoms with Gasteiger partial charge in [0.05, 0.1) is 17.2 Å². The number of fused-ring (bicyclic) bond motifs is 1. The van der Waals surface area contributed by atoms with E-state index >= 15 is 0 Å². The summed E-state index contributed by atoms with van der Waals surface area (Å²) in [7, 11) is -3.42. The number of nitrogens with zero attached hydrogens (tertiary/aromatic N) is 1. The third-order valence-corrected chi connectivity index (χ3v) is 2.96. The molecule has 0 amide bonds. The molecule has 0 bridgehead atoms. The topological polar surface area (TPSA) is 108 Å². The Morgan fingerprint density at radius 2 is 2.00 bits per heavy atom. The van der Waals surface area contributed by atoms with Crippen LogP contribution in [0.5, 0.6) is 11.5 Å². The first-order chi connectivity index (χ1) is 8.37. The van der Waals surface area contributed by atoms with Crippen LogP contribution in [0.25, 0.3) is 0 Å². The molecule has 2 rings (SSSR count). The molecule has 98 valence electrons. The van der Waals surface area contributed by atoms with Crippen LogP contribution in [0.4, 0.5) is 5.69 Å². The highest BCUT2D eigenvalue weighted by Crippen LogP contribution is 2.37. The molecule has 8 nitrogen and oxygen atoms in total. The largest absolute Gasteiger partial charge is 0.454 e. The maximum atomic E-state index is 11.0. The Bertz CT molecular complexity index is 597. The van der Waals surface area contributed by atoms with Crippen LogP contribution in [0.1, 0.15) is 5.56 Å². The highest BCUT2D eigenvalue weighted by Gasteiger charge is 2.23. The summed E-state index contributed by atoms with van der Waals surface area (Å²) in [5.41, 5.74) is 0.00470. The summed E-state index contributed by atoms with van der Waals surface area (Å²) in [6, 6.07) is 2.63. The number of benzene rings is 1. The van der Waals surface area contributed by atoms with Gasteiger partial charge < -0.3 is 9.47 Å². The summed E-state index contributed by atoms with van der Waals surface area (Å²) in [5, 5.41) is 10.9. The first-order valence-corrected chi connectivity index (χ1v) is 6.77. The minimum atomic E-state index is -3.42. The molecule has 1 heterocycles. The van der Waals surface area contributed by atoms with Gasteiger partial charge in [-0.25, -0.2) is 13.1 Å². The Labute approximate surface area is 103 Å². The van der Waals surface area contributed by atoms with E-state index < -0.39 is 14.9 Å². The second-order valence-corrected chi connectivity index (χ2v) is 5.52. The van der Waals surface area contributed by atoms with Gasteiger partial charge in [-0.2, -0.15) is 0 Å². The van der Waals surface area contributed by atoms with Gasteiger partial charge in [0.2, 0.25) is 16.8 Å².